The lowest BCUT2D eigenvalue weighted by Crippen LogP contribution is -2.28. The van der Waals surface area contributed by atoms with Crippen LogP contribution in [-0.4, -0.2) is 29.8 Å². The number of amides is 2. The Kier molecular flexibility index (Phi) is 4.16. The topological polar surface area (TPSA) is 62.6 Å². The van der Waals surface area contributed by atoms with Crippen LogP contribution in [0.5, 0.6) is 0 Å². The van der Waals surface area contributed by atoms with Gasteiger partial charge < -0.3 is 14.6 Å². The molecule has 5 nitrogen and oxygen atoms in total. The first-order valence-corrected chi connectivity index (χ1v) is 8.51. The van der Waals surface area contributed by atoms with Gasteiger partial charge in [-0.2, -0.15) is 0 Å². The molecule has 2 aromatic carbocycles. The lowest BCUT2D eigenvalue weighted by Gasteiger charge is -2.14. The van der Waals surface area contributed by atoms with Crippen molar-refractivity contribution in [1.29, 1.82) is 0 Å². The van der Waals surface area contributed by atoms with E-state index in [1.165, 1.54) is 18.2 Å². The highest BCUT2D eigenvalue weighted by Crippen LogP contribution is 2.32. The third-order valence-corrected chi connectivity index (χ3v) is 4.51. The zero-order valence-electron chi connectivity index (χ0n) is 14.0. The first-order valence-electron chi connectivity index (χ1n) is 8.51. The molecule has 0 radical (unpaired) electrons. The van der Waals surface area contributed by atoms with Gasteiger partial charge in [0.2, 0.25) is 5.76 Å². The second-order valence-corrected chi connectivity index (χ2v) is 6.27. The molecule has 4 rings (SSSR count). The number of furan rings is 1. The van der Waals surface area contributed by atoms with Crippen LogP contribution in [-0.2, 0) is 0 Å². The maximum atomic E-state index is 13.4. The Morgan fingerprint density at radius 2 is 1.81 bits per heavy atom. The molecule has 2 heterocycles. The number of likely N-dealkylation sites (tertiary alicyclic amines) is 1. The molecule has 1 aromatic heterocycles. The Labute approximate surface area is 149 Å². The SMILES string of the molecule is O=C(Nc1c(C(=O)N2CCCC2)oc2ccccc12)c1cccc(F)c1. The smallest absolute Gasteiger partial charge is 0.291 e. The zero-order valence-corrected chi connectivity index (χ0v) is 14.0. The van der Waals surface area contributed by atoms with Gasteiger partial charge in [0.05, 0.1) is 0 Å². The van der Waals surface area contributed by atoms with E-state index in [1.54, 1.807) is 29.2 Å². The van der Waals surface area contributed by atoms with Crippen LogP contribution < -0.4 is 5.32 Å². The summed E-state index contributed by atoms with van der Waals surface area (Å²) in [6, 6.07) is 12.5. The summed E-state index contributed by atoms with van der Waals surface area (Å²) in [5, 5.41) is 3.37. The number of hydrogen-bond acceptors (Lipinski definition) is 3. The summed E-state index contributed by atoms with van der Waals surface area (Å²) in [5.41, 5.74) is 1.02. The van der Waals surface area contributed by atoms with E-state index in [-0.39, 0.29) is 17.2 Å². The number of carbonyl (C=O) groups is 2. The Bertz CT molecular complexity index is 990. The van der Waals surface area contributed by atoms with Gasteiger partial charge in [-0.1, -0.05) is 18.2 Å². The highest BCUT2D eigenvalue weighted by Gasteiger charge is 2.28. The van der Waals surface area contributed by atoms with Crippen molar-refractivity contribution in [2.24, 2.45) is 0 Å². The van der Waals surface area contributed by atoms with E-state index >= 15 is 0 Å². The second kappa shape index (κ2) is 6.63. The molecule has 2 amide bonds. The number of para-hydroxylation sites is 1. The van der Waals surface area contributed by atoms with Crippen LogP contribution in [0, 0.1) is 5.82 Å². The molecule has 3 aromatic rings. The minimum Gasteiger partial charge on any atom is -0.449 e. The number of rotatable bonds is 3. The Morgan fingerprint density at radius 1 is 1.04 bits per heavy atom. The molecule has 1 aliphatic rings. The number of benzene rings is 2. The van der Waals surface area contributed by atoms with E-state index in [2.05, 4.69) is 5.32 Å². The van der Waals surface area contributed by atoms with E-state index in [1.807, 2.05) is 0 Å². The molecule has 0 saturated carbocycles. The normalized spacial score (nSPS) is 14.0. The number of hydrogen-bond donors (Lipinski definition) is 1. The van der Waals surface area contributed by atoms with Crippen LogP contribution in [0.25, 0.3) is 11.0 Å². The summed E-state index contributed by atoms with van der Waals surface area (Å²) in [7, 11) is 0. The van der Waals surface area contributed by atoms with E-state index in [4.69, 9.17) is 4.42 Å². The summed E-state index contributed by atoms with van der Waals surface area (Å²) >= 11 is 0. The lowest BCUT2D eigenvalue weighted by atomic mass is 10.1. The summed E-state index contributed by atoms with van der Waals surface area (Å²) < 4.78 is 19.2. The van der Waals surface area contributed by atoms with E-state index in [0.29, 0.717) is 29.7 Å². The molecule has 0 atom stereocenters. The Morgan fingerprint density at radius 3 is 2.58 bits per heavy atom. The molecule has 132 valence electrons. The maximum absolute atomic E-state index is 13.4. The molecule has 0 bridgehead atoms. The van der Waals surface area contributed by atoms with Crippen LogP contribution >= 0.6 is 0 Å². The fourth-order valence-electron chi connectivity index (χ4n) is 3.20. The summed E-state index contributed by atoms with van der Waals surface area (Å²) in [6.45, 7) is 1.35. The number of nitrogens with zero attached hydrogens (tertiary/aromatic N) is 1. The van der Waals surface area contributed by atoms with Crippen molar-refractivity contribution < 1.29 is 18.4 Å². The van der Waals surface area contributed by atoms with Crippen molar-refractivity contribution in [3.63, 3.8) is 0 Å². The fourth-order valence-corrected chi connectivity index (χ4v) is 3.20. The predicted molar refractivity (Wildman–Crippen MR) is 95.7 cm³/mol. The molecule has 6 heteroatoms. The first-order chi connectivity index (χ1) is 12.6. The predicted octanol–water partition coefficient (Wildman–Crippen LogP) is 4.06. The quantitative estimate of drug-likeness (QED) is 0.773. The Balaban J connectivity index is 1.74. The summed E-state index contributed by atoms with van der Waals surface area (Å²) in [6.07, 6.45) is 1.91. The standard InChI is InChI=1S/C20H17FN2O3/c21-14-7-5-6-13(12-14)19(24)22-17-15-8-1-2-9-16(15)26-18(17)20(25)23-10-3-4-11-23/h1-2,5-9,12H,3-4,10-11H2,(H,22,24). The van der Waals surface area contributed by atoms with Crippen molar-refractivity contribution in [3.05, 3.63) is 65.7 Å². The maximum Gasteiger partial charge on any atom is 0.291 e. The summed E-state index contributed by atoms with van der Waals surface area (Å²) in [4.78, 5) is 27.1. The zero-order chi connectivity index (χ0) is 18.1. The molecule has 0 aliphatic carbocycles. The van der Waals surface area contributed by atoms with Gasteiger partial charge in [0.25, 0.3) is 11.8 Å². The number of halogens is 1. The highest BCUT2D eigenvalue weighted by atomic mass is 19.1. The summed E-state index contributed by atoms with van der Waals surface area (Å²) in [5.74, 6) is -1.12. The van der Waals surface area contributed by atoms with Gasteiger partial charge in [0, 0.05) is 24.0 Å². The molecule has 1 aliphatic heterocycles. The molecule has 1 fully saturated rings. The van der Waals surface area contributed by atoms with Crippen LogP contribution in [0.1, 0.15) is 33.8 Å². The van der Waals surface area contributed by atoms with Crippen LogP contribution in [0.15, 0.2) is 52.9 Å². The molecule has 0 spiro atoms. The van der Waals surface area contributed by atoms with Crippen LogP contribution in [0.2, 0.25) is 0 Å². The van der Waals surface area contributed by atoms with Crippen molar-refractivity contribution >= 4 is 28.5 Å². The molecular formula is C20H17FN2O3. The van der Waals surface area contributed by atoms with E-state index in [9.17, 15) is 14.0 Å². The van der Waals surface area contributed by atoms with Gasteiger partial charge in [-0.05, 0) is 43.2 Å². The number of carbonyl (C=O) groups excluding carboxylic acids is 2. The van der Waals surface area contributed by atoms with Crippen LogP contribution in [0.4, 0.5) is 10.1 Å². The minimum absolute atomic E-state index is 0.109. The number of fused-ring (bicyclic) bond motifs is 1. The van der Waals surface area contributed by atoms with Gasteiger partial charge in [-0.15, -0.1) is 0 Å². The fraction of sp³-hybridized carbons (Fsp3) is 0.200. The number of anilines is 1. The average Bonchev–Trinajstić information content (AvgIpc) is 3.30. The third kappa shape index (κ3) is 2.94. The minimum atomic E-state index is -0.497. The molecule has 0 unspecified atom stereocenters. The van der Waals surface area contributed by atoms with Gasteiger partial charge in [0.1, 0.15) is 17.1 Å². The third-order valence-electron chi connectivity index (χ3n) is 4.51. The largest absolute Gasteiger partial charge is 0.449 e. The molecule has 1 saturated heterocycles. The second-order valence-electron chi connectivity index (χ2n) is 6.27. The van der Waals surface area contributed by atoms with Gasteiger partial charge in [-0.25, -0.2) is 4.39 Å². The Hall–Kier alpha value is -3.15. The first kappa shape index (κ1) is 16.3. The highest BCUT2D eigenvalue weighted by molar-refractivity contribution is 6.14. The molecule has 1 N–H and O–H groups in total. The van der Waals surface area contributed by atoms with Crippen LogP contribution in [0.3, 0.4) is 0 Å². The monoisotopic (exact) mass is 352 g/mol. The van der Waals surface area contributed by atoms with E-state index in [0.717, 1.165) is 18.9 Å². The number of nitrogens with one attached hydrogen (secondary N) is 1. The van der Waals surface area contributed by atoms with Crippen molar-refractivity contribution in [3.8, 4) is 0 Å². The average molecular weight is 352 g/mol. The van der Waals surface area contributed by atoms with Gasteiger partial charge >= 0.3 is 0 Å². The van der Waals surface area contributed by atoms with Crippen molar-refractivity contribution in [2.45, 2.75) is 12.8 Å². The molecule has 26 heavy (non-hydrogen) atoms. The van der Waals surface area contributed by atoms with Gasteiger partial charge in [-0.3, -0.25) is 9.59 Å². The van der Waals surface area contributed by atoms with Crippen molar-refractivity contribution in [1.82, 2.24) is 4.90 Å². The van der Waals surface area contributed by atoms with Gasteiger partial charge in [0.15, 0.2) is 0 Å². The van der Waals surface area contributed by atoms with E-state index < -0.39 is 11.7 Å². The molecular weight excluding hydrogens is 335 g/mol. The van der Waals surface area contributed by atoms with Crippen molar-refractivity contribution in [2.75, 3.05) is 18.4 Å². The lowest BCUT2D eigenvalue weighted by molar-refractivity contribution is 0.0765.